The Morgan fingerprint density at radius 3 is 2.35 bits per heavy atom. The fourth-order valence-corrected chi connectivity index (χ4v) is 2.99. The summed E-state index contributed by atoms with van der Waals surface area (Å²) in [5.74, 6) is 0.539. The highest BCUT2D eigenvalue weighted by Gasteiger charge is 2.23. The lowest BCUT2D eigenvalue weighted by molar-refractivity contribution is -0.384. The third-order valence-electron chi connectivity index (χ3n) is 4.49. The van der Waals surface area contributed by atoms with Crippen LogP contribution in [0.1, 0.15) is 30.5 Å². The standard InChI is InChI=1S/C23H25NO7/c1-15(2)5-10-19-20(31-14-29-3)13-21(30-4)22(23(19)26)18(11-12-25)16-6-8-17(9-7-16)24(27)28/h5-9,11-13,26H,10,14H2,1-4H3/b18-11+. The summed E-state index contributed by atoms with van der Waals surface area (Å²) in [6, 6.07) is 7.30. The molecule has 0 unspecified atom stereocenters. The van der Waals surface area contributed by atoms with E-state index in [2.05, 4.69) is 0 Å². The van der Waals surface area contributed by atoms with Crippen LogP contribution in [0.3, 0.4) is 0 Å². The first-order valence-electron chi connectivity index (χ1n) is 9.42. The fourth-order valence-electron chi connectivity index (χ4n) is 2.99. The Morgan fingerprint density at radius 1 is 1.16 bits per heavy atom. The average Bonchev–Trinajstić information content (AvgIpc) is 2.75. The zero-order valence-electron chi connectivity index (χ0n) is 17.9. The van der Waals surface area contributed by atoms with Gasteiger partial charge in [0.1, 0.15) is 23.5 Å². The lowest BCUT2D eigenvalue weighted by Gasteiger charge is -2.20. The first-order valence-corrected chi connectivity index (χ1v) is 9.42. The molecule has 0 aliphatic rings. The number of aromatic hydroxyl groups is 1. The molecule has 0 aliphatic carbocycles. The summed E-state index contributed by atoms with van der Waals surface area (Å²) in [7, 11) is 2.92. The predicted octanol–water partition coefficient (Wildman–Crippen LogP) is 4.43. The molecule has 8 heteroatoms. The number of allylic oxidation sites excluding steroid dienone is 3. The maximum Gasteiger partial charge on any atom is 0.269 e. The third-order valence-corrected chi connectivity index (χ3v) is 4.49. The highest BCUT2D eigenvalue weighted by molar-refractivity contribution is 5.94. The largest absolute Gasteiger partial charge is 0.507 e. The van der Waals surface area contributed by atoms with Gasteiger partial charge in [-0.15, -0.1) is 0 Å². The van der Waals surface area contributed by atoms with E-state index < -0.39 is 4.92 Å². The fraction of sp³-hybridized carbons (Fsp3) is 0.261. The Morgan fingerprint density at radius 2 is 1.84 bits per heavy atom. The van der Waals surface area contributed by atoms with E-state index in [0.717, 1.165) is 5.57 Å². The van der Waals surface area contributed by atoms with Crippen LogP contribution in [0, 0.1) is 10.1 Å². The van der Waals surface area contributed by atoms with Crippen molar-refractivity contribution in [2.45, 2.75) is 20.3 Å². The minimum absolute atomic E-state index is 0.0247. The summed E-state index contributed by atoms with van der Waals surface area (Å²) in [6.45, 7) is 3.85. The van der Waals surface area contributed by atoms with E-state index in [1.807, 2.05) is 19.9 Å². The van der Waals surface area contributed by atoms with Crippen LogP contribution in [-0.4, -0.2) is 37.3 Å². The molecule has 164 valence electrons. The van der Waals surface area contributed by atoms with Gasteiger partial charge in [-0.25, -0.2) is 0 Å². The first-order chi connectivity index (χ1) is 14.8. The number of ether oxygens (including phenoxy) is 3. The number of hydrogen-bond donors (Lipinski definition) is 1. The summed E-state index contributed by atoms with van der Waals surface area (Å²) < 4.78 is 16.1. The van der Waals surface area contributed by atoms with Gasteiger partial charge in [-0.05, 0) is 49.6 Å². The molecular weight excluding hydrogens is 402 g/mol. The molecule has 2 aromatic rings. The number of methoxy groups -OCH3 is 2. The molecule has 0 atom stereocenters. The van der Waals surface area contributed by atoms with Gasteiger partial charge in [-0.1, -0.05) is 11.6 Å². The molecule has 0 saturated carbocycles. The lowest BCUT2D eigenvalue weighted by Crippen LogP contribution is -2.05. The number of phenolic OH excluding ortho intramolecular Hbond substituents is 1. The second-order valence-corrected chi connectivity index (χ2v) is 6.84. The van der Waals surface area contributed by atoms with Crippen LogP contribution in [0.25, 0.3) is 5.57 Å². The monoisotopic (exact) mass is 427 g/mol. The summed E-state index contributed by atoms with van der Waals surface area (Å²) in [5, 5.41) is 22.2. The predicted molar refractivity (Wildman–Crippen MR) is 117 cm³/mol. The summed E-state index contributed by atoms with van der Waals surface area (Å²) in [6.07, 6.45) is 4.17. The Hall–Kier alpha value is -3.65. The minimum atomic E-state index is -0.510. The Kier molecular flexibility index (Phi) is 8.33. The number of phenols is 1. The van der Waals surface area contributed by atoms with Crippen molar-refractivity contribution in [3.8, 4) is 17.2 Å². The van der Waals surface area contributed by atoms with Crippen molar-refractivity contribution >= 4 is 17.5 Å². The van der Waals surface area contributed by atoms with Crippen molar-refractivity contribution in [1.29, 1.82) is 0 Å². The molecule has 0 saturated heterocycles. The molecule has 0 spiro atoms. The van der Waals surface area contributed by atoms with Crippen molar-refractivity contribution in [3.63, 3.8) is 0 Å². The normalized spacial score (nSPS) is 11.0. The van der Waals surface area contributed by atoms with E-state index >= 15 is 0 Å². The number of nitrogens with zero attached hydrogens (tertiary/aromatic N) is 1. The van der Waals surface area contributed by atoms with Gasteiger partial charge in [0.2, 0.25) is 0 Å². The number of hydrogen-bond acceptors (Lipinski definition) is 7. The number of rotatable bonds is 10. The molecule has 8 nitrogen and oxygen atoms in total. The van der Waals surface area contributed by atoms with Crippen molar-refractivity contribution < 1.29 is 29.0 Å². The Labute approximate surface area is 180 Å². The van der Waals surface area contributed by atoms with Gasteiger partial charge < -0.3 is 19.3 Å². The lowest BCUT2D eigenvalue weighted by atomic mass is 9.92. The van der Waals surface area contributed by atoms with E-state index in [1.54, 1.807) is 6.07 Å². The Balaban J connectivity index is 2.73. The number of aldehydes is 1. The summed E-state index contributed by atoms with van der Waals surface area (Å²) >= 11 is 0. The molecule has 1 N–H and O–H groups in total. The number of carbonyl (C=O) groups excluding carboxylic acids is 1. The SMILES string of the molecule is COCOc1cc(OC)c(/C(=C/C=O)c2ccc([N+](=O)[O-])cc2)c(O)c1CC=C(C)C. The number of carbonyl (C=O) groups is 1. The topological polar surface area (TPSA) is 108 Å². The second kappa shape index (κ2) is 10.9. The van der Waals surface area contributed by atoms with Gasteiger partial charge >= 0.3 is 0 Å². The number of benzene rings is 2. The molecule has 0 aliphatic heterocycles. The van der Waals surface area contributed by atoms with Gasteiger partial charge in [0.25, 0.3) is 5.69 Å². The van der Waals surface area contributed by atoms with Crippen LogP contribution in [0.15, 0.2) is 48.1 Å². The van der Waals surface area contributed by atoms with E-state index in [-0.39, 0.29) is 29.5 Å². The molecule has 31 heavy (non-hydrogen) atoms. The Bertz CT molecular complexity index is 1000. The maximum atomic E-state index is 11.4. The van der Waals surface area contributed by atoms with Crippen LogP contribution in [0.5, 0.6) is 17.2 Å². The van der Waals surface area contributed by atoms with E-state index in [1.165, 1.54) is 44.6 Å². The second-order valence-electron chi connectivity index (χ2n) is 6.84. The molecule has 0 aromatic heterocycles. The van der Waals surface area contributed by atoms with Gasteiger partial charge in [-0.3, -0.25) is 14.9 Å². The molecule has 2 aromatic carbocycles. The van der Waals surface area contributed by atoms with Crippen molar-refractivity contribution in [3.05, 3.63) is 74.9 Å². The smallest absolute Gasteiger partial charge is 0.269 e. The molecule has 0 fully saturated rings. The van der Waals surface area contributed by atoms with Gasteiger partial charge in [-0.2, -0.15) is 0 Å². The van der Waals surface area contributed by atoms with E-state index in [4.69, 9.17) is 14.2 Å². The highest BCUT2D eigenvalue weighted by Crippen LogP contribution is 2.44. The van der Waals surface area contributed by atoms with Crippen molar-refractivity contribution in [2.24, 2.45) is 0 Å². The third kappa shape index (κ3) is 5.70. The van der Waals surface area contributed by atoms with Gasteiger partial charge in [0, 0.05) is 30.9 Å². The quantitative estimate of drug-likeness (QED) is 0.149. The summed E-state index contributed by atoms with van der Waals surface area (Å²) in [4.78, 5) is 21.9. The molecule has 0 heterocycles. The zero-order chi connectivity index (χ0) is 23.0. The molecule has 0 amide bonds. The van der Waals surface area contributed by atoms with Crippen molar-refractivity contribution in [1.82, 2.24) is 0 Å². The van der Waals surface area contributed by atoms with Gasteiger partial charge in [0.15, 0.2) is 6.79 Å². The van der Waals surface area contributed by atoms with Gasteiger partial charge in [0.05, 0.1) is 17.6 Å². The summed E-state index contributed by atoms with van der Waals surface area (Å²) in [5.41, 5.74) is 2.60. The van der Waals surface area contributed by atoms with Crippen LogP contribution in [0.2, 0.25) is 0 Å². The zero-order valence-corrected chi connectivity index (χ0v) is 17.9. The molecule has 0 radical (unpaired) electrons. The van der Waals surface area contributed by atoms with Crippen LogP contribution < -0.4 is 9.47 Å². The van der Waals surface area contributed by atoms with Crippen LogP contribution >= 0.6 is 0 Å². The average molecular weight is 427 g/mol. The maximum absolute atomic E-state index is 11.4. The molecular formula is C23H25NO7. The van der Waals surface area contributed by atoms with E-state index in [9.17, 15) is 20.0 Å². The number of nitro benzene ring substituents is 1. The number of nitro groups is 1. The number of non-ortho nitro benzene ring substituents is 1. The molecule has 0 bridgehead atoms. The minimum Gasteiger partial charge on any atom is -0.507 e. The van der Waals surface area contributed by atoms with Crippen LogP contribution in [0.4, 0.5) is 5.69 Å². The van der Waals surface area contributed by atoms with Crippen molar-refractivity contribution in [2.75, 3.05) is 21.0 Å². The first kappa shape index (κ1) is 23.6. The molecule has 2 rings (SSSR count). The van der Waals surface area contributed by atoms with Crippen LogP contribution in [-0.2, 0) is 16.0 Å². The van der Waals surface area contributed by atoms with E-state index in [0.29, 0.717) is 35.2 Å². The highest BCUT2D eigenvalue weighted by atomic mass is 16.7.